The summed E-state index contributed by atoms with van der Waals surface area (Å²) in [5, 5.41) is 19.9. The van der Waals surface area contributed by atoms with Crippen LogP contribution in [0.1, 0.15) is 91.0 Å². The summed E-state index contributed by atoms with van der Waals surface area (Å²) in [6.07, 6.45) is -2.69. The zero-order chi connectivity index (χ0) is 44.3. The maximum atomic E-state index is 14.0. The van der Waals surface area contributed by atoms with Crippen molar-refractivity contribution in [2.75, 3.05) is 27.1 Å². The summed E-state index contributed by atoms with van der Waals surface area (Å²) >= 11 is 0. The molecular formula is C45H63N3O12. The Morgan fingerprint density at radius 3 is 1.97 bits per heavy atom. The van der Waals surface area contributed by atoms with Gasteiger partial charge in [0.25, 0.3) is 0 Å². The molecule has 0 unspecified atom stereocenters. The summed E-state index contributed by atoms with van der Waals surface area (Å²) in [6.45, 7) is 14.3. The lowest BCUT2D eigenvalue weighted by Gasteiger charge is -2.39. The van der Waals surface area contributed by atoms with Crippen LogP contribution in [-0.2, 0) is 46.5 Å². The molecule has 0 aliphatic carbocycles. The molecule has 0 aliphatic heterocycles. The van der Waals surface area contributed by atoms with Crippen molar-refractivity contribution in [3.63, 3.8) is 0 Å². The molecule has 60 heavy (non-hydrogen) atoms. The number of esters is 1. The van der Waals surface area contributed by atoms with E-state index in [9.17, 15) is 24.3 Å². The van der Waals surface area contributed by atoms with Gasteiger partial charge in [-0.05, 0) is 82.2 Å². The van der Waals surface area contributed by atoms with E-state index in [0.717, 1.165) is 11.1 Å². The third-order valence-corrected chi connectivity index (χ3v) is 9.19. The first-order chi connectivity index (χ1) is 28.5. The molecule has 0 aliphatic rings. The molecule has 0 aromatic heterocycles. The van der Waals surface area contributed by atoms with E-state index >= 15 is 0 Å². The maximum Gasteiger partial charge on any atom is 0.408 e. The molecule has 5 atom stereocenters. The van der Waals surface area contributed by atoms with Crippen molar-refractivity contribution in [3.8, 4) is 11.5 Å². The van der Waals surface area contributed by atoms with Gasteiger partial charge in [0, 0.05) is 7.11 Å². The molecule has 3 rings (SSSR count). The van der Waals surface area contributed by atoms with E-state index in [-0.39, 0.29) is 56.2 Å². The van der Waals surface area contributed by atoms with Crippen LogP contribution in [0, 0.1) is 5.92 Å². The molecule has 0 heterocycles. The molecule has 0 radical (unpaired) electrons. The summed E-state index contributed by atoms with van der Waals surface area (Å²) in [7, 11) is 1.47. The quantitative estimate of drug-likeness (QED) is 0.0341. The fourth-order valence-electron chi connectivity index (χ4n) is 5.91. The van der Waals surface area contributed by atoms with Crippen molar-refractivity contribution in [2.45, 2.75) is 117 Å². The van der Waals surface area contributed by atoms with Gasteiger partial charge in [-0.1, -0.05) is 87.5 Å². The second-order valence-electron chi connectivity index (χ2n) is 15.8. The Morgan fingerprint density at radius 1 is 0.767 bits per heavy atom. The van der Waals surface area contributed by atoms with Gasteiger partial charge in [0.1, 0.15) is 43.4 Å². The standard InChI is InChI=1S/C45H63N3O12/c1-10-45(8,37(28-55-29-54-9)47-40(50)34(24-30(3)4)46-43(53)60-44(5,6)7)59-36-25-33(22-23-35(36)57-26-31-18-14-12-15-19-31)39(49)38(41(51)56-11-2)48-42(52)58-27-32-20-16-13-17-21-32/h12-23,25,30,34,37-39,49H,10-11,24,26-29H2,1-9H3,(H,46,53)(H,47,50)(H,48,52)/t34-,37+,38-,39+,45+/m0/s1. The lowest BCUT2D eigenvalue weighted by Crippen LogP contribution is -2.60. The maximum absolute atomic E-state index is 14.0. The third kappa shape index (κ3) is 16.3. The topological polar surface area (TPSA) is 189 Å². The van der Waals surface area contributed by atoms with Gasteiger partial charge in [-0.25, -0.2) is 14.4 Å². The molecule has 3 aromatic carbocycles. The predicted molar refractivity (Wildman–Crippen MR) is 224 cm³/mol. The molecule has 0 bridgehead atoms. The molecule has 3 amide bonds. The van der Waals surface area contributed by atoms with Crippen molar-refractivity contribution in [3.05, 3.63) is 95.6 Å². The third-order valence-electron chi connectivity index (χ3n) is 9.19. The summed E-state index contributed by atoms with van der Waals surface area (Å²) in [6, 6.07) is 19.7. The summed E-state index contributed by atoms with van der Waals surface area (Å²) in [4.78, 5) is 53.1. The molecule has 0 saturated carbocycles. The molecular weight excluding hydrogens is 775 g/mol. The minimum Gasteiger partial charge on any atom is -0.485 e. The number of alkyl carbamates (subject to hydrolysis) is 2. The Balaban J connectivity index is 2.02. The highest BCUT2D eigenvalue weighted by molar-refractivity contribution is 5.86. The first kappa shape index (κ1) is 49.0. The number of aliphatic hydroxyl groups is 1. The summed E-state index contributed by atoms with van der Waals surface area (Å²) in [5.41, 5.74) is -0.240. The summed E-state index contributed by atoms with van der Waals surface area (Å²) in [5.74, 6) is -0.913. The van der Waals surface area contributed by atoms with E-state index in [4.69, 9.17) is 33.2 Å². The van der Waals surface area contributed by atoms with E-state index in [0.29, 0.717) is 12.8 Å². The molecule has 0 fully saturated rings. The van der Waals surface area contributed by atoms with E-state index in [1.54, 1.807) is 71.0 Å². The number of nitrogens with one attached hydrogen (secondary N) is 3. The number of ether oxygens (including phenoxy) is 7. The largest absolute Gasteiger partial charge is 0.485 e. The van der Waals surface area contributed by atoms with E-state index in [1.165, 1.54) is 13.2 Å². The van der Waals surface area contributed by atoms with Crippen molar-refractivity contribution in [1.29, 1.82) is 0 Å². The molecule has 0 spiro atoms. The number of rotatable bonds is 23. The lowest BCUT2D eigenvalue weighted by atomic mass is 9.92. The van der Waals surface area contributed by atoms with Crippen LogP contribution in [0.4, 0.5) is 9.59 Å². The highest BCUT2D eigenvalue weighted by Gasteiger charge is 2.40. The molecule has 0 saturated heterocycles. The van der Waals surface area contributed by atoms with Gasteiger partial charge in [0.05, 0.1) is 19.3 Å². The number of aliphatic hydroxyl groups excluding tert-OH is 1. The smallest absolute Gasteiger partial charge is 0.408 e. The predicted octanol–water partition coefficient (Wildman–Crippen LogP) is 6.75. The fraction of sp³-hybridized carbons (Fsp3) is 0.511. The Bertz CT molecular complexity index is 1790. The van der Waals surface area contributed by atoms with Crippen LogP contribution in [0.5, 0.6) is 11.5 Å². The number of hydrogen-bond acceptors (Lipinski definition) is 12. The minimum atomic E-state index is -1.64. The Morgan fingerprint density at radius 2 is 1.40 bits per heavy atom. The Labute approximate surface area is 353 Å². The summed E-state index contributed by atoms with van der Waals surface area (Å²) < 4.78 is 40.1. The zero-order valence-corrected chi connectivity index (χ0v) is 36.3. The molecule has 330 valence electrons. The number of carbonyl (C=O) groups is 4. The number of methoxy groups -OCH3 is 1. The normalized spacial score (nSPS) is 14.4. The molecule has 15 nitrogen and oxygen atoms in total. The van der Waals surface area contributed by atoms with Crippen molar-refractivity contribution in [2.24, 2.45) is 5.92 Å². The monoisotopic (exact) mass is 837 g/mol. The Hall–Kier alpha value is -5.38. The van der Waals surface area contributed by atoms with Crippen LogP contribution >= 0.6 is 0 Å². The van der Waals surface area contributed by atoms with E-state index in [2.05, 4.69) is 16.0 Å². The second kappa shape index (κ2) is 24.0. The van der Waals surface area contributed by atoms with Crippen molar-refractivity contribution < 1.29 is 57.4 Å². The minimum absolute atomic E-state index is 0.0121. The van der Waals surface area contributed by atoms with Crippen LogP contribution in [-0.4, -0.2) is 85.6 Å². The van der Waals surface area contributed by atoms with Gasteiger partial charge in [0.2, 0.25) is 5.91 Å². The van der Waals surface area contributed by atoms with Crippen molar-refractivity contribution >= 4 is 24.1 Å². The molecule has 15 heteroatoms. The van der Waals surface area contributed by atoms with Crippen LogP contribution in [0.15, 0.2) is 78.9 Å². The Kier molecular flexibility index (Phi) is 19.6. The zero-order valence-electron chi connectivity index (χ0n) is 36.3. The van der Waals surface area contributed by atoms with Gasteiger partial charge < -0.3 is 54.2 Å². The van der Waals surface area contributed by atoms with Gasteiger partial charge in [-0.3, -0.25) is 4.79 Å². The highest BCUT2D eigenvalue weighted by atomic mass is 16.7. The second-order valence-corrected chi connectivity index (χ2v) is 15.8. The first-order valence-corrected chi connectivity index (χ1v) is 20.2. The number of amides is 3. The van der Waals surface area contributed by atoms with Gasteiger partial charge >= 0.3 is 18.2 Å². The average Bonchev–Trinajstić information content (AvgIpc) is 3.20. The van der Waals surface area contributed by atoms with E-state index in [1.807, 2.05) is 57.2 Å². The van der Waals surface area contributed by atoms with Crippen LogP contribution in [0.25, 0.3) is 0 Å². The molecule has 4 N–H and O–H groups in total. The fourth-order valence-corrected chi connectivity index (χ4v) is 5.91. The van der Waals surface area contributed by atoms with Crippen LogP contribution in [0.2, 0.25) is 0 Å². The van der Waals surface area contributed by atoms with Gasteiger partial charge in [-0.15, -0.1) is 0 Å². The average molecular weight is 838 g/mol. The number of benzene rings is 3. The van der Waals surface area contributed by atoms with Crippen LogP contribution < -0.4 is 25.4 Å². The first-order valence-electron chi connectivity index (χ1n) is 20.2. The lowest BCUT2D eigenvalue weighted by molar-refractivity contribution is -0.148. The molecule has 3 aromatic rings. The van der Waals surface area contributed by atoms with E-state index < -0.39 is 59.5 Å². The van der Waals surface area contributed by atoms with Gasteiger partial charge in [-0.2, -0.15) is 0 Å². The highest BCUT2D eigenvalue weighted by Crippen LogP contribution is 2.37. The van der Waals surface area contributed by atoms with Crippen LogP contribution in [0.3, 0.4) is 0 Å². The SMILES string of the molecule is CCOC(=O)[C@@H](NC(=O)OCc1ccccc1)[C@H](O)c1ccc(OCc2ccccc2)c(O[C@](C)(CC)[C@@H](COCOC)NC(=O)[C@H](CC(C)C)NC(=O)OC(C)(C)C)c1. The number of hydrogen-bond donors (Lipinski definition) is 4. The van der Waals surface area contributed by atoms with Crippen molar-refractivity contribution in [1.82, 2.24) is 16.0 Å². The van der Waals surface area contributed by atoms with Gasteiger partial charge in [0.15, 0.2) is 17.5 Å². The number of carbonyl (C=O) groups excluding carboxylic acids is 4.